The minimum absolute atomic E-state index is 0.743. The van der Waals surface area contributed by atoms with Gasteiger partial charge in [-0.15, -0.1) is 0 Å². The molecule has 0 spiro atoms. The van der Waals surface area contributed by atoms with Crippen molar-refractivity contribution in [3.63, 3.8) is 0 Å². The zero-order chi connectivity index (χ0) is 14.7. The molecule has 2 saturated heterocycles. The first-order valence-electron chi connectivity index (χ1n) is 8.43. The first-order valence-corrected chi connectivity index (χ1v) is 8.43. The second-order valence-electron chi connectivity index (χ2n) is 6.34. The first-order chi connectivity index (χ1) is 10.3. The van der Waals surface area contributed by atoms with Gasteiger partial charge in [-0.2, -0.15) is 0 Å². The molecule has 116 valence electrons. The maximum atomic E-state index is 4.88. The molecule has 2 fully saturated rings. The van der Waals surface area contributed by atoms with Crippen molar-refractivity contribution in [2.45, 2.75) is 45.2 Å². The third kappa shape index (κ3) is 3.38. The van der Waals surface area contributed by atoms with Crippen LogP contribution in [0.25, 0.3) is 0 Å². The first kappa shape index (κ1) is 14.8. The standard InChI is InChI=1S/C17H28N4/c1-3-15-10-14(12-18-2)11-17(19-15)21-9-8-20-7-5-4-6-16(20)13-21/h10-11,16,18H,3-9,12-13H2,1-2H3. The van der Waals surface area contributed by atoms with Gasteiger partial charge in [0.1, 0.15) is 5.82 Å². The quantitative estimate of drug-likeness (QED) is 0.919. The Hall–Kier alpha value is -1.13. The summed E-state index contributed by atoms with van der Waals surface area (Å²) in [6.45, 7) is 7.88. The van der Waals surface area contributed by atoms with E-state index in [0.717, 1.165) is 32.1 Å². The number of aromatic nitrogens is 1. The van der Waals surface area contributed by atoms with Gasteiger partial charge in [0.15, 0.2) is 0 Å². The number of hydrogen-bond acceptors (Lipinski definition) is 4. The molecule has 3 heterocycles. The lowest BCUT2D eigenvalue weighted by Gasteiger charge is -2.44. The Morgan fingerprint density at radius 1 is 1.24 bits per heavy atom. The van der Waals surface area contributed by atoms with Crippen LogP contribution in [0.4, 0.5) is 5.82 Å². The van der Waals surface area contributed by atoms with Crippen molar-refractivity contribution in [1.29, 1.82) is 0 Å². The summed E-state index contributed by atoms with van der Waals surface area (Å²) in [5.41, 5.74) is 2.56. The summed E-state index contributed by atoms with van der Waals surface area (Å²) in [4.78, 5) is 10.1. The topological polar surface area (TPSA) is 31.4 Å². The van der Waals surface area contributed by atoms with E-state index in [1.165, 1.54) is 49.4 Å². The number of aryl methyl sites for hydroxylation is 1. The van der Waals surface area contributed by atoms with E-state index in [9.17, 15) is 0 Å². The summed E-state index contributed by atoms with van der Waals surface area (Å²) in [5.74, 6) is 1.19. The maximum absolute atomic E-state index is 4.88. The lowest BCUT2D eigenvalue weighted by molar-refractivity contribution is 0.133. The van der Waals surface area contributed by atoms with Crippen molar-refractivity contribution < 1.29 is 0 Å². The normalized spacial score (nSPS) is 23.1. The molecule has 0 bridgehead atoms. The lowest BCUT2D eigenvalue weighted by atomic mass is 9.99. The minimum atomic E-state index is 0.743. The van der Waals surface area contributed by atoms with Crippen molar-refractivity contribution in [1.82, 2.24) is 15.2 Å². The molecule has 4 heteroatoms. The number of rotatable bonds is 4. The Bertz CT molecular complexity index is 474. The second kappa shape index (κ2) is 6.75. The molecule has 0 radical (unpaired) electrons. The van der Waals surface area contributed by atoms with E-state index in [-0.39, 0.29) is 0 Å². The van der Waals surface area contributed by atoms with E-state index < -0.39 is 0 Å². The summed E-state index contributed by atoms with van der Waals surface area (Å²) in [6, 6.07) is 5.25. The zero-order valence-corrected chi connectivity index (χ0v) is 13.4. The van der Waals surface area contributed by atoms with Crippen LogP contribution in [0.3, 0.4) is 0 Å². The molecule has 2 aliphatic heterocycles. The number of fused-ring (bicyclic) bond motifs is 1. The number of piperidine rings is 1. The van der Waals surface area contributed by atoms with E-state index in [0.29, 0.717) is 0 Å². The molecule has 0 amide bonds. The average Bonchev–Trinajstić information content (AvgIpc) is 2.54. The van der Waals surface area contributed by atoms with Crippen molar-refractivity contribution in [3.05, 3.63) is 23.4 Å². The van der Waals surface area contributed by atoms with Gasteiger partial charge >= 0.3 is 0 Å². The molecule has 3 rings (SSSR count). The highest BCUT2D eigenvalue weighted by atomic mass is 15.3. The third-order valence-corrected chi connectivity index (χ3v) is 4.83. The maximum Gasteiger partial charge on any atom is 0.129 e. The number of piperazine rings is 1. The Labute approximate surface area is 128 Å². The summed E-state index contributed by atoms with van der Waals surface area (Å²) in [7, 11) is 2.01. The van der Waals surface area contributed by atoms with Crippen LogP contribution in [-0.2, 0) is 13.0 Å². The monoisotopic (exact) mass is 288 g/mol. The van der Waals surface area contributed by atoms with Crippen molar-refractivity contribution in [2.75, 3.05) is 38.1 Å². The lowest BCUT2D eigenvalue weighted by Crippen LogP contribution is -2.55. The molecule has 21 heavy (non-hydrogen) atoms. The molecule has 0 aliphatic carbocycles. The Morgan fingerprint density at radius 2 is 2.14 bits per heavy atom. The van der Waals surface area contributed by atoms with Crippen LogP contribution in [0.1, 0.15) is 37.4 Å². The fraction of sp³-hybridized carbons (Fsp3) is 0.706. The summed E-state index contributed by atoms with van der Waals surface area (Å²) >= 11 is 0. The number of pyridine rings is 1. The molecular formula is C17H28N4. The highest BCUT2D eigenvalue weighted by Gasteiger charge is 2.29. The predicted octanol–water partition coefficient (Wildman–Crippen LogP) is 2.04. The van der Waals surface area contributed by atoms with Crippen molar-refractivity contribution >= 4 is 5.82 Å². The van der Waals surface area contributed by atoms with Crippen LogP contribution < -0.4 is 10.2 Å². The Balaban J connectivity index is 1.77. The van der Waals surface area contributed by atoms with Gasteiger partial charge in [-0.05, 0) is 50.6 Å². The molecule has 1 atom stereocenters. The van der Waals surface area contributed by atoms with Gasteiger partial charge in [0.05, 0.1) is 0 Å². The Morgan fingerprint density at radius 3 is 2.95 bits per heavy atom. The van der Waals surface area contributed by atoms with Gasteiger partial charge in [0.2, 0.25) is 0 Å². The molecule has 1 unspecified atom stereocenters. The summed E-state index contributed by atoms with van der Waals surface area (Å²) in [5, 5.41) is 3.26. The molecule has 1 aromatic heterocycles. The second-order valence-corrected chi connectivity index (χ2v) is 6.34. The van der Waals surface area contributed by atoms with Gasteiger partial charge in [0, 0.05) is 37.9 Å². The van der Waals surface area contributed by atoms with E-state index in [2.05, 4.69) is 34.2 Å². The van der Waals surface area contributed by atoms with Crippen LogP contribution in [0.15, 0.2) is 12.1 Å². The molecule has 0 aromatic carbocycles. The van der Waals surface area contributed by atoms with E-state index in [1.807, 2.05) is 7.05 Å². The largest absolute Gasteiger partial charge is 0.354 e. The number of anilines is 1. The molecule has 1 N–H and O–H groups in total. The van der Waals surface area contributed by atoms with Gasteiger partial charge < -0.3 is 10.2 Å². The van der Waals surface area contributed by atoms with Gasteiger partial charge in [-0.25, -0.2) is 4.98 Å². The van der Waals surface area contributed by atoms with Crippen LogP contribution in [0, 0.1) is 0 Å². The van der Waals surface area contributed by atoms with Gasteiger partial charge in [-0.1, -0.05) is 13.3 Å². The molecule has 1 aromatic rings. The summed E-state index contributed by atoms with van der Waals surface area (Å²) < 4.78 is 0. The highest BCUT2D eigenvalue weighted by Crippen LogP contribution is 2.25. The smallest absolute Gasteiger partial charge is 0.129 e. The van der Waals surface area contributed by atoms with Gasteiger partial charge in [-0.3, -0.25) is 4.90 Å². The fourth-order valence-electron chi connectivity index (χ4n) is 3.65. The number of nitrogens with zero attached hydrogens (tertiary/aromatic N) is 3. The van der Waals surface area contributed by atoms with Crippen LogP contribution in [-0.4, -0.2) is 49.2 Å². The number of hydrogen-bond donors (Lipinski definition) is 1. The predicted molar refractivity (Wildman–Crippen MR) is 87.8 cm³/mol. The van der Waals surface area contributed by atoms with Gasteiger partial charge in [0.25, 0.3) is 0 Å². The van der Waals surface area contributed by atoms with E-state index in [1.54, 1.807) is 0 Å². The SMILES string of the molecule is CCc1cc(CNC)cc(N2CCN3CCCCC3C2)n1. The van der Waals surface area contributed by atoms with Crippen LogP contribution in [0.5, 0.6) is 0 Å². The molecular weight excluding hydrogens is 260 g/mol. The zero-order valence-electron chi connectivity index (χ0n) is 13.4. The van der Waals surface area contributed by atoms with Crippen LogP contribution in [0.2, 0.25) is 0 Å². The minimum Gasteiger partial charge on any atom is -0.354 e. The average molecular weight is 288 g/mol. The highest BCUT2D eigenvalue weighted by molar-refractivity contribution is 5.44. The Kier molecular flexibility index (Phi) is 4.76. The fourth-order valence-corrected chi connectivity index (χ4v) is 3.65. The molecule has 2 aliphatic rings. The number of nitrogens with one attached hydrogen (secondary N) is 1. The molecule has 0 saturated carbocycles. The van der Waals surface area contributed by atoms with Crippen molar-refractivity contribution in [3.8, 4) is 0 Å². The van der Waals surface area contributed by atoms with Crippen molar-refractivity contribution in [2.24, 2.45) is 0 Å². The summed E-state index contributed by atoms with van der Waals surface area (Å²) in [6.07, 6.45) is 5.14. The molecule has 4 nitrogen and oxygen atoms in total. The van der Waals surface area contributed by atoms with Crippen LogP contribution >= 0.6 is 0 Å². The third-order valence-electron chi connectivity index (χ3n) is 4.83. The van der Waals surface area contributed by atoms with E-state index in [4.69, 9.17) is 4.98 Å². The van der Waals surface area contributed by atoms with E-state index >= 15 is 0 Å².